The first-order valence-corrected chi connectivity index (χ1v) is 8.12. The summed E-state index contributed by atoms with van der Waals surface area (Å²) in [6, 6.07) is 7.30. The summed E-state index contributed by atoms with van der Waals surface area (Å²) in [4.78, 5) is 9.39. The van der Waals surface area contributed by atoms with Crippen molar-refractivity contribution in [1.82, 2.24) is 0 Å². The van der Waals surface area contributed by atoms with Gasteiger partial charge in [-0.05, 0) is 23.8 Å². The zero-order valence-electron chi connectivity index (χ0n) is 11.2. The van der Waals surface area contributed by atoms with Crippen LogP contribution in [0.5, 0.6) is 5.75 Å². The molecular weight excluding hydrogens is 372 g/mol. The summed E-state index contributed by atoms with van der Waals surface area (Å²) in [5.74, 6) is 0.204. The Bertz CT molecular complexity index is 873. The number of nitrogens with zero attached hydrogens (tertiary/aromatic N) is 1. The molecule has 0 saturated carbocycles. The highest BCUT2D eigenvalue weighted by molar-refractivity contribution is 7.86. The van der Waals surface area contributed by atoms with E-state index in [1.807, 2.05) is 0 Å². The van der Waals surface area contributed by atoms with Crippen molar-refractivity contribution < 1.29 is 22.0 Å². The van der Waals surface area contributed by atoms with E-state index in [0.29, 0.717) is 5.56 Å². The Morgan fingerprint density at radius 1 is 1.13 bits per heavy atom. The maximum absolute atomic E-state index is 12.9. The summed E-state index contributed by atoms with van der Waals surface area (Å²) in [7, 11) is -4.89. The van der Waals surface area contributed by atoms with Crippen molar-refractivity contribution in [1.29, 1.82) is 0 Å². The largest absolute Gasteiger partial charge is 0.487 e. The van der Waals surface area contributed by atoms with Gasteiger partial charge in [0.05, 0.1) is 15.0 Å². The van der Waals surface area contributed by atoms with Crippen molar-refractivity contribution >= 4 is 39.1 Å². The van der Waals surface area contributed by atoms with Gasteiger partial charge in [0.2, 0.25) is 0 Å². The van der Waals surface area contributed by atoms with Crippen LogP contribution in [0.25, 0.3) is 0 Å². The lowest BCUT2D eigenvalue weighted by molar-refractivity contribution is -0.384. The summed E-state index contributed by atoms with van der Waals surface area (Å²) < 4.78 is 39.9. The number of nitro groups is 1. The van der Waals surface area contributed by atoms with Crippen LogP contribution < -0.4 is 4.74 Å². The van der Waals surface area contributed by atoms with Crippen LogP contribution in [0, 0.1) is 10.1 Å². The van der Waals surface area contributed by atoms with Gasteiger partial charge in [0.25, 0.3) is 5.69 Å². The molecule has 6 nitrogen and oxygen atoms in total. The first-order valence-electron chi connectivity index (χ1n) is 5.98. The molecule has 0 amide bonds. The fraction of sp³-hybridized carbons (Fsp3) is 0.0769. The number of halogens is 3. The molecular formula is C13H8Cl2FNO5S. The Kier molecular flexibility index (Phi) is 5.08. The van der Waals surface area contributed by atoms with E-state index < -0.39 is 20.0 Å². The van der Waals surface area contributed by atoms with Gasteiger partial charge in [-0.1, -0.05) is 29.3 Å². The van der Waals surface area contributed by atoms with Gasteiger partial charge in [-0.25, -0.2) is 0 Å². The standard InChI is InChI=1S/C13H8Cl2FNO5S/c14-10-6-9(17(18)19)2-3-12(10)22-7-8-1-4-13(11(15)5-8)23(16,20)21/h1-6H,7H2. The van der Waals surface area contributed by atoms with Gasteiger partial charge in [0.15, 0.2) is 0 Å². The summed E-state index contributed by atoms with van der Waals surface area (Å²) in [5, 5.41) is 10.4. The van der Waals surface area contributed by atoms with Crippen LogP contribution in [0.1, 0.15) is 5.56 Å². The summed E-state index contributed by atoms with van der Waals surface area (Å²) in [6.07, 6.45) is 0. The summed E-state index contributed by atoms with van der Waals surface area (Å²) in [5.41, 5.74) is 0.291. The van der Waals surface area contributed by atoms with E-state index in [1.54, 1.807) is 0 Å². The zero-order valence-corrected chi connectivity index (χ0v) is 13.5. The van der Waals surface area contributed by atoms with Crippen LogP contribution in [-0.4, -0.2) is 13.3 Å². The second kappa shape index (κ2) is 6.69. The van der Waals surface area contributed by atoms with Gasteiger partial charge in [-0.2, -0.15) is 8.42 Å². The van der Waals surface area contributed by atoms with Crippen LogP contribution in [0.15, 0.2) is 41.3 Å². The molecule has 122 valence electrons. The lowest BCUT2D eigenvalue weighted by Crippen LogP contribution is -1.99. The van der Waals surface area contributed by atoms with E-state index in [2.05, 4.69) is 0 Å². The monoisotopic (exact) mass is 379 g/mol. The van der Waals surface area contributed by atoms with E-state index in [0.717, 1.165) is 12.1 Å². The quantitative estimate of drug-likeness (QED) is 0.442. The van der Waals surface area contributed by atoms with Gasteiger partial charge in [-0.15, -0.1) is 3.89 Å². The van der Waals surface area contributed by atoms with Crippen molar-refractivity contribution in [2.75, 3.05) is 0 Å². The maximum atomic E-state index is 12.9. The molecule has 23 heavy (non-hydrogen) atoms. The Morgan fingerprint density at radius 3 is 2.35 bits per heavy atom. The van der Waals surface area contributed by atoms with E-state index in [4.69, 9.17) is 27.9 Å². The third kappa shape index (κ3) is 4.31. The van der Waals surface area contributed by atoms with E-state index in [9.17, 15) is 22.4 Å². The molecule has 0 atom stereocenters. The Balaban J connectivity index is 2.16. The lowest BCUT2D eigenvalue weighted by Gasteiger charge is -2.09. The SMILES string of the molecule is O=[N+]([O-])c1ccc(OCc2ccc(S(=O)(=O)F)c(Cl)c2)c(Cl)c1. The molecule has 2 aromatic rings. The Labute approximate surface area is 140 Å². The van der Waals surface area contributed by atoms with Gasteiger partial charge in [0.1, 0.15) is 17.3 Å². The minimum Gasteiger partial charge on any atom is -0.487 e. The van der Waals surface area contributed by atoms with Gasteiger partial charge in [0, 0.05) is 12.1 Å². The molecule has 2 aromatic carbocycles. The first-order chi connectivity index (χ1) is 10.7. The molecule has 0 heterocycles. The lowest BCUT2D eigenvalue weighted by atomic mass is 10.2. The number of non-ortho nitro benzene ring substituents is 1. The first kappa shape index (κ1) is 17.5. The average molecular weight is 380 g/mol. The minimum absolute atomic E-state index is 0.0378. The number of nitro benzene ring substituents is 1. The molecule has 0 saturated heterocycles. The molecule has 0 bridgehead atoms. The number of benzene rings is 2. The van der Waals surface area contributed by atoms with Crippen LogP contribution in [0.3, 0.4) is 0 Å². The second-order valence-corrected chi connectivity index (χ2v) is 6.49. The van der Waals surface area contributed by atoms with Gasteiger partial charge >= 0.3 is 10.2 Å². The van der Waals surface area contributed by atoms with Gasteiger partial charge in [-0.3, -0.25) is 10.1 Å². The van der Waals surface area contributed by atoms with Crippen LogP contribution in [0.4, 0.5) is 9.57 Å². The topological polar surface area (TPSA) is 86.5 Å². The molecule has 0 radical (unpaired) electrons. The van der Waals surface area contributed by atoms with Crippen LogP contribution in [-0.2, 0) is 16.8 Å². The predicted molar refractivity (Wildman–Crippen MR) is 82.2 cm³/mol. The predicted octanol–water partition coefficient (Wildman–Crippen LogP) is 4.14. The van der Waals surface area contributed by atoms with E-state index in [1.165, 1.54) is 24.3 Å². The van der Waals surface area contributed by atoms with Crippen molar-refractivity contribution in [3.05, 3.63) is 62.1 Å². The van der Waals surface area contributed by atoms with Crippen LogP contribution in [0.2, 0.25) is 10.0 Å². The molecule has 0 N–H and O–H groups in total. The Morgan fingerprint density at radius 2 is 1.83 bits per heavy atom. The highest BCUT2D eigenvalue weighted by atomic mass is 35.5. The van der Waals surface area contributed by atoms with Crippen molar-refractivity contribution in [2.24, 2.45) is 0 Å². The van der Waals surface area contributed by atoms with E-state index in [-0.39, 0.29) is 28.1 Å². The number of hydrogen-bond donors (Lipinski definition) is 0. The molecule has 0 fully saturated rings. The summed E-state index contributed by atoms with van der Waals surface area (Å²) >= 11 is 11.6. The van der Waals surface area contributed by atoms with E-state index >= 15 is 0 Å². The number of hydrogen-bond acceptors (Lipinski definition) is 5. The molecule has 0 unspecified atom stereocenters. The zero-order chi connectivity index (χ0) is 17.2. The maximum Gasteiger partial charge on any atom is 0.333 e. The fourth-order valence-electron chi connectivity index (χ4n) is 1.71. The van der Waals surface area contributed by atoms with Gasteiger partial charge < -0.3 is 4.74 Å². The average Bonchev–Trinajstić information content (AvgIpc) is 2.44. The molecule has 0 aliphatic rings. The third-order valence-corrected chi connectivity index (χ3v) is 4.38. The second-order valence-electron chi connectivity index (χ2n) is 4.36. The number of rotatable bonds is 5. The highest BCUT2D eigenvalue weighted by Crippen LogP contribution is 2.30. The molecule has 10 heteroatoms. The molecule has 0 aliphatic heterocycles. The molecule has 0 spiro atoms. The molecule has 2 rings (SSSR count). The van der Waals surface area contributed by atoms with Crippen molar-refractivity contribution in [2.45, 2.75) is 11.5 Å². The third-order valence-electron chi connectivity index (χ3n) is 2.78. The summed E-state index contributed by atoms with van der Waals surface area (Å²) in [6.45, 7) is -0.0378. The van der Waals surface area contributed by atoms with Crippen molar-refractivity contribution in [3.63, 3.8) is 0 Å². The minimum atomic E-state index is -4.89. The molecule has 0 aromatic heterocycles. The van der Waals surface area contributed by atoms with Crippen LogP contribution >= 0.6 is 23.2 Å². The fourth-order valence-corrected chi connectivity index (χ4v) is 2.94. The smallest absolute Gasteiger partial charge is 0.333 e. The highest BCUT2D eigenvalue weighted by Gasteiger charge is 2.17. The molecule has 0 aliphatic carbocycles. The normalized spacial score (nSPS) is 11.3. The Hall–Kier alpha value is -1.90. The van der Waals surface area contributed by atoms with Crippen molar-refractivity contribution in [3.8, 4) is 5.75 Å². The number of ether oxygens (including phenoxy) is 1.